The maximum atomic E-state index is 15.3. The van der Waals surface area contributed by atoms with Crippen LogP contribution in [0.2, 0.25) is 0 Å². The largest absolute Gasteiger partial charge is 0.573 e. The molecule has 2 heterocycles. The number of halogens is 4. The zero-order valence-electron chi connectivity index (χ0n) is 22.8. The fourth-order valence-electron chi connectivity index (χ4n) is 4.53. The summed E-state index contributed by atoms with van der Waals surface area (Å²) in [6.07, 6.45) is -1.48. The van der Waals surface area contributed by atoms with E-state index >= 15 is 4.39 Å². The number of nitrogens with zero attached hydrogens (tertiary/aromatic N) is 3. The Morgan fingerprint density at radius 2 is 1.83 bits per heavy atom. The molecule has 0 aliphatic heterocycles. The standard InChI is InChI=1S/C28H32F4N8O2/c1-15(33)3-2-4-16-11-20(24(29)23(12-16)42-28(30,31)32)22-13-18-14-40(27(41)39-25(18)38-22)19-7-5-17(6-8-19)21(34)9-10-37-26(35)36/h5-8,11-15,21H,2-4,9-10,33-34H2,1H3,(H4,35,36,37)(H,38,39,41)/t15-,21+/m0/s1. The number of hydrogen-bond acceptors (Lipinski definition) is 6. The zero-order chi connectivity index (χ0) is 30.6. The number of guanidine groups is 1. The molecule has 0 saturated heterocycles. The third-order valence-corrected chi connectivity index (χ3v) is 6.58. The minimum Gasteiger partial charge on any atom is -0.403 e. The number of aromatic nitrogens is 3. The van der Waals surface area contributed by atoms with E-state index in [1.165, 1.54) is 22.9 Å². The predicted octanol–water partition coefficient (Wildman–Crippen LogP) is 3.75. The van der Waals surface area contributed by atoms with Crippen molar-refractivity contribution in [2.45, 2.75) is 51.1 Å². The van der Waals surface area contributed by atoms with Gasteiger partial charge in [0.2, 0.25) is 0 Å². The van der Waals surface area contributed by atoms with E-state index in [-0.39, 0.29) is 34.9 Å². The molecule has 2 atom stereocenters. The van der Waals surface area contributed by atoms with Crippen LogP contribution in [0.25, 0.3) is 28.0 Å². The summed E-state index contributed by atoms with van der Waals surface area (Å²) in [4.78, 5) is 23.7. The van der Waals surface area contributed by atoms with Gasteiger partial charge in [0.1, 0.15) is 5.65 Å². The van der Waals surface area contributed by atoms with Crippen LogP contribution < -0.4 is 33.4 Å². The Hall–Kier alpha value is -4.43. The number of aryl methyl sites for hydroxylation is 1. The number of aromatic amines is 1. The maximum absolute atomic E-state index is 15.3. The van der Waals surface area contributed by atoms with Crippen LogP contribution in [0, 0.1) is 5.82 Å². The number of nitrogens with one attached hydrogen (secondary N) is 1. The van der Waals surface area contributed by atoms with E-state index in [1.54, 1.807) is 24.3 Å². The summed E-state index contributed by atoms with van der Waals surface area (Å²) in [6.45, 7) is 2.18. The molecule has 0 radical (unpaired) electrons. The van der Waals surface area contributed by atoms with E-state index in [9.17, 15) is 18.0 Å². The van der Waals surface area contributed by atoms with Crippen LogP contribution in [0.5, 0.6) is 5.75 Å². The maximum Gasteiger partial charge on any atom is 0.573 e. The summed E-state index contributed by atoms with van der Waals surface area (Å²) in [5.41, 5.74) is 23.9. The Morgan fingerprint density at radius 3 is 2.48 bits per heavy atom. The highest BCUT2D eigenvalue weighted by Gasteiger charge is 2.33. The van der Waals surface area contributed by atoms with Gasteiger partial charge in [0.05, 0.1) is 11.4 Å². The van der Waals surface area contributed by atoms with E-state index in [0.717, 1.165) is 11.6 Å². The summed E-state index contributed by atoms with van der Waals surface area (Å²) in [7, 11) is 0. The minimum absolute atomic E-state index is 0.0181. The van der Waals surface area contributed by atoms with E-state index < -0.39 is 23.6 Å². The molecule has 0 aliphatic carbocycles. The summed E-state index contributed by atoms with van der Waals surface area (Å²) in [5.74, 6) is -2.16. The van der Waals surface area contributed by atoms with Gasteiger partial charge in [0.15, 0.2) is 17.5 Å². The fraction of sp³-hybridized carbons (Fsp3) is 0.321. The molecule has 0 fully saturated rings. The molecule has 10 nitrogen and oxygen atoms in total. The first-order valence-corrected chi connectivity index (χ1v) is 13.2. The molecule has 0 saturated carbocycles. The van der Waals surface area contributed by atoms with Gasteiger partial charge in [-0.1, -0.05) is 12.1 Å². The average Bonchev–Trinajstić information content (AvgIpc) is 3.31. The second-order valence-electron chi connectivity index (χ2n) is 10.0. The van der Waals surface area contributed by atoms with Crippen molar-refractivity contribution in [2.24, 2.45) is 27.9 Å². The Kier molecular flexibility index (Phi) is 9.17. The smallest absolute Gasteiger partial charge is 0.403 e. The van der Waals surface area contributed by atoms with Crippen molar-refractivity contribution in [3.8, 4) is 22.7 Å². The minimum atomic E-state index is -5.08. The van der Waals surface area contributed by atoms with Crippen LogP contribution >= 0.6 is 0 Å². The molecule has 42 heavy (non-hydrogen) atoms. The summed E-state index contributed by atoms with van der Waals surface area (Å²) >= 11 is 0. The lowest BCUT2D eigenvalue weighted by Crippen LogP contribution is -2.23. The lowest BCUT2D eigenvalue weighted by Gasteiger charge is -2.14. The monoisotopic (exact) mass is 588 g/mol. The quantitative estimate of drug-likeness (QED) is 0.101. The third-order valence-electron chi connectivity index (χ3n) is 6.58. The van der Waals surface area contributed by atoms with Crippen molar-refractivity contribution < 1.29 is 22.3 Å². The predicted molar refractivity (Wildman–Crippen MR) is 153 cm³/mol. The normalized spacial score (nSPS) is 13.2. The second kappa shape index (κ2) is 12.6. The van der Waals surface area contributed by atoms with Crippen molar-refractivity contribution in [1.82, 2.24) is 14.5 Å². The first-order valence-electron chi connectivity index (χ1n) is 13.2. The molecule has 0 aliphatic rings. The summed E-state index contributed by atoms with van der Waals surface area (Å²) < 4.78 is 59.7. The van der Waals surface area contributed by atoms with Crippen LogP contribution in [0.15, 0.2) is 58.4 Å². The number of aliphatic imine (C=N–C) groups is 1. The number of alkyl halides is 3. The van der Waals surface area contributed by atoms with Crippen LogP contribution in [-0.4, -0.2) is 39.4 Å². The number of rotatable bonds is 11. The second-order valence-corrected chi connectivity index (χ2v) is 10.0. The summed E-state index contributed by atoms with van der Waals surface area (Å²) in [5, 5.41) is 0.433. The highest BCUT2D eigenvalue weighted by atomic mass is 19.4. The van der Waals surface area contributed by atoms with Gasteiger partial charge >= 0.3 is 12.1 Å². The van der Waals surface area contributed by atoms with Crippen LogP contribution in [0.4, 0.5) is 17.6 Å². The number of H-pyrrole nitrogens is 1. The van der Waals surface area contributed by atoms with Gasteiger partial charge in [-0.2, -0.15) is 4.98 Å². The van der Waals surface area contributed by atoms with Gasteiger partial charge in [-0.25, -0.2) is 9.18 Å². The molecule has 4 rings (SSSR count). The lowest BCUT2D eigenvalue weighted by molar-refractivity contribution is -0.275. The molecule has 9 N–H and O–H groups in total. The first-order chi connectivity index (χ1) is 19.8. The molecule has 0 bridgehead atoms. The SMILES string of the molecule is C[C@H](N)CCCc1cc(OC(F)(F)F)c(F)c(-c2cc3cn(-c4ccc([C@H](N)CCN=C(N)N)cc4)c(=O)nc3[nH]2)c1. The molecule has 4 aromatic rings. The van der Waals surface area contributed by atoms with Crippen molar-refractivity contribution in [2.75, 3.05) is 6.54 Å². The molecule has 0 amide bonds. The Bertz CT molecular complexity index is 1620. The molecular formula is C28H32F4N8O2. The van der Waals surface area contributed by atoms with Gasteiger partial charge < -0.3 is 32.7 Å². The molecule has 0 unspecified atom stereocenters. The Balaban J connectivity index is 1.66. The Morgan fingerprint density at radius 1 is 1.12 bits per heavy atom. The number of benzene rings is 2. The molecule has 2 aromatic carbocycles. The van der Waals surface area contributed by atoms with Crippen molar-refractivity contribution in [3.05, 3.63) is 76.1 Å². The van der Waals surface area contributed by atoms with Crippen molar-refractivity contribution in [3.63, 3.8) is 0 Å². The Labute approximate surface area is 238 Å². The summed E-state index contributed by atoms with van der Waals surface area (Å²) in [6, 6.07) is 10.5. The van der Waals surface area contributed by atoms with Crippen LogP contribution in [0.1, 0.15) is 43.4 Å². The van der Waals surface area contributed by atoms with E-state index in [4.69, 9.17) is 22.9 Å². The molecule has 2 aromatic heterocycles. The topological polar surface area (TPSA) is 176 Å². The lowest BCUT2D eigenvalue weighted by atomic mass is 10.0. The highest BCUT2D eigenvalue weighted by Crippen LogP contribution is 2.35. The molecule has 0 spiro atoms. The highest BCUT2D eigenvalue weighted by molar-refractivity contribution is 5.83. The fourth-order valence-corrected chi connectivity index (χ4v) is 4.53. The van der Waals surface area contributed by atoms with Gasteiger partial charge in [-0.3, -0.25) is 9.56 Å². The zero-order valence-corrected chi connectivity index (χ0v) is 22.8. The van der Waals surface area contributed by atoms with Crippen molar-refractivity contribution >= 4 is 17.0 Å². The third kappa shape index (κ3) is 7.64. The number of ether oxygens (including phenoxy) is 1. The van der Waals surface area contributed by atoms with Gasteiger partial charge in [-0.15, -0.1) is 13.2 Å². The van der Waals surface area contributed by atoms with Crippen LogP contribution in [-0.2, 0) is 6.42 Å². The van der Waals surface area contributed by atoms with Gasteiger partial charge in [0.25, 0.3) is 0 Å². The average molecular weight is 589 g/mol. The number of hydrogen-bond donors (Lipinski definition) is 5. The van der Waals surface area contributed by atoms with Crippen LogP contribution in [0.3, 0.4) is 0 Å². The van der Waals surface area contributed by atoms with Gasteiger partial charge in [-0.05, 0) is 74.1 Å². The molecule has 224 valence electrons. The molecular weight excluding hydrogens is 556 g/mol. The number of fused-ring (bicyclic) bond motifs is 1. The van der Waals surface area contributed by atoms with Crippen molar-refractivity contribution in [1.29, 1.82) is 0 Å². The first kappa shape index (κ1) is 30.5. The van der Waals surface area contributed by atoms with Gasteiger partial charge in [0, 0.05) is 35.8 Å². The molecule has 14 heteroatoms. The number of nitrogens with two attached hydrogens (primary N) is 4. The van der Waals surface area contributed by atoms with E-state index in [0.29, 0.717) is 48.9 Å². The van der Waals surface area contributed by atoms with E-state index in [2.05, 4.69) is 19.7 Å². The van der Waals surface area contributed by atoms with E-state index in [1.807, 2.05) is 6.92 Å².